The minimum absolute atomic E-state index is 0.0479. The number of benzene rings is 1. The highest BCUT2D eigenvalue weighted by Crippen LogP contribution is 2.66. The Hall–Kier alpha value is -3.20. The first-order chi connectivity index (χ1) is 20.8. The summed E-state index contributed by atoms with van der Waals surface area (Å²) in [6.07, 6.45) is 0.114. The quantitative estimate of drug-likeness (QED) is 0.276. The van der Waals surface area contributed by atoms with Gasteiger partial charge in [0.25, 0.3) is 0 Å². The van der Waals surface area contributed by atoms with Crippen molar-refractivity contribution in [2.75, 3.05) is 31.1 Å². The van der Waals surface area contributed by atoms with Crippen LogP contribution in [0.1, 0.15) is 59.6 Å². The molecular weight excluding hydrogens is 583 g/mol. The van der Waals surface area contributed by atoms with E-state index in [0.29, 0.717) is 10.7 Å². The fourth-order valence-electron chi connectivity index (χ4n) is 8.98. The number of fused-ring (bicyclic) bond motifs is 2. The smallest absolute Gasteiger partial charge is 0.355 e. The third kappa shape index (κ3) is 4.60. The summed E-state index contributed by atoms with van der Waals surface area (Å²) in [6, 6.07) is 10.6. The van der Waals surface area contributed by atoms with E-state index in [1.165, 1.54) is 11.1 Å². The van der Waals surface area contributed by atoms with Gasteiger partial charge in [0.2, 0.25) is 0 Å². The Kier molecular flexibility index (Phi) is 6.05. The number of hydrogen-bond acceptors (Lipinski definition) is 7. The summed E-state index contributed by atoms with van der Waals surface area (Å²) >= 11 is 1.12. The molecule has 0 radical (unpaired) electrons. The van der Waals surface area contributed by atoms with Crippen LogP contribution in [0.25, 0.3) is 21.1 Å². The van der Waals surface area contributed by atoms with Crippen molar-refractivity contribution in [2.45, 2.75) is 77.2 Å². The van der Waals surface area contributed by atoms with Crippen molar-refractivity contribution in [2.24, 2.45) is 16.6 Å². The number of nitriles is 1. The van der Waals surface area contributed by atoms with E-state index in [-0.39, 0.29) is 21.2 Å². The summed E-state index contributed by atoms with van der Waals surface area (Å²) < 4.78 is 41.5. The lowest BCUT2D eigenvalue weighted by atomic mass is 9.40. The van der Waals surface area contributed by atoms with Crippen molar-refractivity contribution in [3.63, 3.8) is 0 Å². The zero-order valence-corrected chi connectivity index (χ0v) is 25.9. The number of aromatic nitrogens is 3. The summed E-state index contributed by atoms with van der Waals surface area (Å²) in [5.74, 6) is 1.36. The molecule has 2 bridgehead atoms. The number of alkyl halides is 3. The van der Waals surface area contributed by atoms with Gasteiger partial charge in [-0.3, -0.25) is 4.90 Å². The Bertz CT molecular complexity index is 1850. The normalized spacial score (nSPS) is 28.2. The van der Waals surface area contributed by atoms with Gasteiger partial charge in [-0.25, -0.2) is 9.97 Å². The molecule has 1 unspecified atom stereocenters. The van der Waals surface area contributed by atoms with Crippen LogP contribution >= 0.6 is 11.3 Å². The fraction of sp³-hybridized carbons (Fsp3) is 0.545. The molecule has 7 nitrogen and oxygen atoms in total. The highest BCUT2D eigenvalue weighted by atomic mass is 32.1. The molecule has 230 valence electrons. The average molecular weight is 620 g/mol. The third-order valence-electron chi connectivity index (χ3n) is 10.8. The van der Waals surface area contributed by atoms with Crippen LogP contribution in [0.4, 0.5) is 19.0 Å². The number of anilines is 1. The number of likely N-dealkylation sites (tertiary alicyclic amines) is 1. The SMILES string of the molecule is Cc1nc(N2CCC3(CCN(Cc4ccc5c(cc(C#N)n5CC56CC(N)(C5)C6)c4C)C3)C2)c2cc(CC(F)(F)F)sc2n1. The van der Waals surface area contributed by atoms with Crippen LogP contribution < -0.4 is 10.6 Å². The minimum Gasteiger partial charge on any atom is -0.355 e. The number of rotatable bonds is 6. The third-order valence-corrected chi connectivity index (χ3v) is 11.8. The largest absolute Gasteiger partial charge is 0.393 e. The average Bonchev–Trinajstić information content (AvgIpc) is 3.69. The summed E-state index contributed by atoms with van der Waals surface area (Å²) in [5, 5.41) is 11.8. The molecule has 0 amide bonds. The van der Waals surface area contributed by atoms with Gasteiger partial charge in [0.1, 0.15) is 28.2 Å². The van der Waals surface area contributed by atoms with Gasteiger partial charge < -0.3 is 15.2 Å². The lowest BCUT2D eigenvalue weighted by Crippen LogP contribution is -2.73. The highest BCUT2D eigenvalue weighted by Gasteiger charge is 2.65. The zero-order valence-electron chi connectivity index (χ0n) is 25.1. The molecule has 4 aromatic rings. The number of hydrogen-bond donors (Lipinski definition) is 1. The van der Waals surface area contributed by atoms with Crippen LogP contribution in [-0.4, -0.2) is 57.3 Å². The summed E-state index contributed by atoms with van der Waals surface area (Å²) in [6.45, 7) is 9.39. The molecule has 3 aliphatic carbocycles. The summed E-state index contributed by atoms with van der Waals surface area (Å²) in [5.41, 5.74) is 11.2. The van der Waals surface area contributed by atoms with Crippen molar-refractivity contribution in [1.82, 2.24) is 19.4 Å². The molecule has 11 heteroatoms. The monoisotopic (exact) mass is 619 g/mol. The van der Waals surface area contributed by atoms with Crippen molar-refractivity contribution in [1.29, 1.82) is 5.26 Å². The zero-order chi connectivity index (χ0) is 30.6. The van der Waals surface area contributed by atoms with Crippen LogP contribution in [-0.2, 0) is 19.5 Å². The van der Waals surface area contributed by atoms with Gasteiger partial charge in [-0.1, -0.05) is 6.07 Å². The topological polar surface area (TPSA) is 87.0 Å². The maximum absolute atomic E-state index is 13.1. The summed E-state index contributed by atoms with van der Waals surface area (Å²) in [4.78, 5) is 14.9. The second kappa shape index (κ2) is 9.41. The molecule has 2 saturated heterocycles. The van der Waals surface area contributed by atoms with Crippen molar-refractivity contribution >= 4 is 38.3 Å². The molecule has 44 heavy (non-hydrogen) atoms. The standard InChI is InChI=1S/C33H36F3N7S/c1-20-22(3-4-27-25(20)9-23(12-37)43(27)19-31-14-32(38,15-31)16-31)13-41-7-5-30(17-41)6-8-42(18-30)28-26-10-24(11-33(34,35)36)44-29(26)40-21(2)39-28/h3-4,9-10H,5-8,11,13-19,38H2,1-2H3. The Balaban J connectivity index is 0.989. The maximum atomic E-state index is 13.1. The fourth-order valence-corrected chi connectivity index (χ4v) is 10.1. The molecule has 2 N–H and O–H groups in total. The first-order valence-electron chi connectivity index (χ1n) is 15.5. The Labute approximate surface area is 258 Å². The molecule has 3 saturated carbocycles. The predicted molar refractivity (Wildman–Crippen MR) is 166 cm³/mol. The van der Waals surface area contributed by atoms with E-state index < -0.39 is 12.6 Å². The van der Waals surface area contributed by atoms with E-state index in [2.05, 4.69) is 50.5 Å². The molecule has 1 spiro atoms. The first-order valence-corrected chi connectivity index (χ1v) is 16.3. The van der Waals surface area contributed by atoms with Gasteiger partial charge in [-0.05, 0) is 87.2 Å². The minimum atomic E-state index is -4.25. The van der Waals surface area contributed by atoms with E-state index in [1.807, 2.05) is 6.92 Å². The van der Waals surface area contributed by atoms with Gasteiger partial charge in [0.15, 0.2) is 0 Å². The van der Waals surface area contributed by atoms with Crippen LogP contribution in [0.15, 0.2) is 24.3 Å². The number of thiophene rings is 1. The molecule has 5 heterocycles. The van der Waals surface area contributed by atoms with E-state index >= 15 is 0 Å². The lowest BCUT2D eigenvalue weighted by molar-refractivity contribution is -0.141. The van der Waals surface area contributed by atoms with Gasteiger partial charge in [0, 0.05) is 59.5 Å². The number of aryl methyl sites for hydroxylation is 2. The van der Waals surface area contributed by atoms with E-state index in [0.717, 1.165) is 111 Å². The Morgan fingerprint density at radius 3 is 2.55 bits per heavy atom. The number of nitrogens with zero attached hydrogens (tertiary/aromatic N) is 6. The van der Waals surface area contributed by atoms with E-state index in [4.69, 9.17) is 10.7 Å². The van der Waals surface area contributed by atoms with Gasteiger partial charge in [-0.2, -0.15) is 18.4 Å². The number of nitrogens with two attached hydrogens (primary N) is 1. The molecule has 5 fully saturated rings. The van der Waals surface area contributed by atoms with Crippen LogP contribution in [0.2, 0.25) is 0 Å². The lowest BCUT2D eigenvalue weighted by Gasteiger charge is -2.69. The second-order valence-corrected chi connectivity index (χ2v) is 15.5. The summed E-state index contributed by atoms with van der Waals surface area (Å²) in [7, 11) is 0. The first kappa shape index (κ1) is 28.3. The highest BCUT2D eigenvalue weighted by molar-refractivity contribution is 7.18. The number of halogens is 3. The van der Waals surface area contributed by atoms with Gasteiger partial charge in [0.05, 0.1) is 11.8 Å². The second-order valence-electron chi connectivity index (χ2n) is 14.4. The Morgan fingerprint density at radius 1 is 1.05 bits per heavy atom. The molecule has 5 aliphatic rings. The molecule has 2 aliphatic heterocycles. The van der Waals surface area contributed by atoms with Gasteiger partial charge >= 0.3 is 6.18 Å². The van der Waals surface area contributed by atoms with Crippen LogP contribution in [0.5, 0.6) is 0 Å². The van der Waals surface area contributed by atoms with E-state index in [9.17, 15) is 18.4 Å². The maximum Gasteiger partial charge on any atom is 0.393 e. The predicted octanol–water partition coefficient (Wildman–Crippen LogP) is 6.22. The molecule has 3 aromatic heterocycles. The van der Waals surface area contributed by atoms with Crippen LogP contribution in [0, 0.1) is 36.0 Å². The van der Waals surface area contributed by atoms with Crippen molar-refractivity contribution < 1.29 is 13.2 Å². The molecular formula is C33H36F3N7S. The van der Waals surface area contributed by atoms with Gasteiger partial charge in [-0.15, -0.1) is 11.3 Å². The van der Waals surface area contributed by atoms with E-state index in [1.54, 1.807) is 6.07 Å². The Morgan fingerprint density at radius 2 is 1.82 bits per heavy atom. The van der Waals surface area contributed by atoms with Crippen LogP contribution in [0.3, 0.4) is 0 Å². The molecule has 9 rings (SSSR count). The molecule has 1 atom stereocenters. The van der Waals surface area contributed by atoms with Crippen molar-refractivity contribution in [3.05, 3.63) is 51.8 Å². The molecule has 1 aromatic carbocycles. The van der Waals surface area contributed by atoms with Crippen molar-refractivity contribution in [3.8, 4) is 6.07 Å².